The summed E-state index contributed by atoms with van der Waals surface area (Å²) >= 11 is 1.07. The van der Waals surface area contributed by atoms with Gasteiger partial charge in [0.05, 0.1) is 0 Å². The van der Waals surface area contributed by atoms with E-state index in [9.17, 15) is 8.78 Å². The Hall–Kier alpha value is 0.210. The van der Waals surface area contributed by atoms with Crippen LogP contribution in [-0.2, 0) is 0 Å². The number of hydrogen-bond acceptors (Lipinski definition) is 1. The molecular weight excluding hydrogens is 130 g/mol. The molecule has 1 aliphatic rings. The quantitative estimate of drug-likeness (QED) is 0.493. The predicted molar refractivity (Wildman–Crippen MR) is 31.4 cm³/mol. The summed E-state index contributed by atoms with van der Waals surface area (Å²) in [5.41, 5.74) is -0.968. The van der Waals surface area contributed by atoms with E-state index in [2.05, 4.69) is 0 Å². The Kier molecular flexibility index (Phi) is 1.75. The van der Waals surface area contributed by atoms with Gasteiger partial charge < -0.3 is 0 Å². The standard InChI is InChI=1S/C5H8F2S/c1-3-4(6)2-8-5(3)7/h3-5H,2H2,1H3. The Bertz CT molecular complexity index is 76.5. The molecule has 8 heavy (non-hydrogen) atoms. The van der Waals surface area contributed by atoms with E-state index in [4.69, 9.17) is 0 Å². The Balaban J connectivity index is 2.44. The van der Waals surface area contributed by atoms with Crippen molar-refractivity contribution in [3.63, 3.8) is 0 Å². The monoisotopic (exact) mass is 138 g/mol. The molecule has 0 aromatic heterocycles. The summed E-state index contributed by atoms with van der Waals surface area (Å²) in [6.07, 6.45) is -0.921. The zero-order valence-electron chi connectivity index (χ0n) is 4.60. The van der Waals surface area contributed by atoms with E-state index < -0.39 is 11.7 Å². The maximum absolute atomic E-state index is 12.3. The third-order valence-electron chi connectivity index (χ3n) is 1.40. The van der Waals surface area contributed by atoms with Crippen LogP contribution in [0.25, 0.3) is 0 Å². The summed E-state index contributed by atoms with van der Waals surface area (Å²) in [7, 11) is 0. The summed E-state index contributed by atoms with van der Waals surface area (Å²) in [4.78, 5) is 0. The molecule has 1 aliphatic heterocycles. The molecule has 0 N–H and O–H groups in total. The molecular formula is C5H8F2S. The van der Waals surface area contributed by atoms with Gasteiger partial charge >= 0.3 is 0 Å². The highest BCUT2D eigenvalue weighted by molar-refractivity contribution is 8.00. The number of alkyl halides is 2. The number of rotatable bonds is 0. The first-order chi connectivity index (χ1) is 3.72. The van der Waals surface area contributed by atoms with Gasteiger partial charge in [0.15, 0.2) is 5.50 Å². The Morgan fingerprint density at radius 2 is 2.12 bits per heavy atom. The Morgan fingerprint density at radius 1 is 1.50 bits per heavy atom. The summed E-state index contributed by atoms with van der Waals surface area (Å²) in [5, 5.41) is 0. The first-order valence-corrected chi connectivity index (χ1v) is 3.66. The van der Waals surface area contributed by atoms with Gasteiger partial charge in [-0.1, -0.05) is 6.92 Å². The fraction of sp³-hybridized carbons (Fsp3) is 1.00. The van der Waals surface area contributed by atoms with Gasteiger partial charge in [0.1, 0.15) is 6.17 Å². The second-order valence-electron chi connectivity index (χ2n) is 2.06. The molecule has 0 aromatic carbocycles. The predicted octanol–water partition coefficient (Wildman–Crippen LogP) is 2.00. The summed E-state index contributed by atoms with van der Waals surface area (Å²) in [6, 6.07) is 0. The largest absolute Gasteiger partial charge is 0.246 e. The van der Waals surface area contributed by atoms with Crippen LogP contribution >= 0.6 is 11.8 Å². The molecule has 3 heteroatoms. The van der Waals surface area contributed by atoms with E-state index in [1.807, 2.05) is 0 Å². The van der Waals surface area contributed by atoms with E-state index in [1.165, 1.54) is 0 Å². The number of hydrogen-bond donors (Lipinski definition) is 0. The lowest BCUT2D eigenvalue weighted by Crippen LogP contribution is -2.12. The molecule has 1 saturated heterocycles. The van der Waals surface area contributed by atoms with Gasteiger partial charge in [-0.2, -0.15) is 0 Å². The zero-order chi connectivity index (χ0) is 6.15. The molecule has 3 atom stereocenters. The molecule has 0 aliphatic carbocycles. The second kappa shape index (κ2) is 2.21. The third kappa shape index (κ3) is 0.966. The number of thioether (sulfide) groups is 1. The molecule has 0 aromatic rings. The lowest BCUT2D eigenvalue weighted by molar-refractivity contribution is 0.226. The summed E-state index contributed by atoms with van der Waals surface area (Å²) < 4.78 is 24.6. The molecule has 1 rings (SSSR count). The van der Waals surface area contributed by atoms with Crippen LogP contribution in [0.2, 0.25) is 0 Å². The van der Waals surface area contributed by atoms with Crippen molar-refractivity contribution in [2.45, 2.75) is 18.6 Å². The molecule has 48 valence electrons. The van der Waals surface area contributed by atoms with E-state index in [0.29, 0.717) is 5.75 Å². The first-order valence-electron chi connectivity index (χ1n) is 2.61. The van der Waals surface area contributed by atoms with Gasteiger partial charge in [0, 0.05) is 11.7 Å². The number of halogens is 2. The van der Waals surface area contributed by atoms with E-state index in [-0.39, 0.29) is 5.92 Å². The third-order valence-corrected chi connectivity index (χ3v) is 2.66. The van der Waals surface area contributed by atoms with Crippen molar-refractivity contribution >= 4 is 11.8 Å². The average Bonchev–Trinajstić information content (AvgIpc) is 1.98. The zero-order valence-corrected chi connectivity index (χ0v) is 5.42. The molecule has 0 saturated carbocycles. The highest BCUT2D eigenvalue weighted by atomic mass is 32.2. The van der Waals surface area contributed by atoms with E-state index in [1.54, 1.807) is 6.92 Å². The van der Waals surface area contributed by atoms with Crippen LogP contribution in [0.1, 0.15) is 6.92 Å². The van der Waals surface area contributed by atoms with Crippen LogP contribution in [0, 0.1) is 5.92 Å². The fourth-order valence-electron chi connectivity index (χ4n) is 0.652. The normalized spacial score (nSPS) is 47.6. The minimum atomic E-state index is -0.968. The molecule has 0 nitrogen and oxygen atoms in total. The van der Waals surface area contributed by atoms with Crippen molar-refractivity contribution in [3.8, 4) is 0 Å². The maximum atomic E-state index is 12.3. The van der Waals surface area contributed by atoms with Crippen LogP contribution in [0.15, 0.2) is 0 Å². The molecule has 0 bridgehead atoms. The van der Waals surface area contributed by atoms with Gasteiger partial charge in [-0.05, 0) is 0 Å². The molecule has 3 unspecified atom stereocenters. The van der Waals surface area contributed by atoms with Gasteiger partial charge in [-0.3, -0.25) is 0 Å². The Labute approximate surface area is 51.6 Å². The van der Waals surface area contributed by atoms with Gasteiger partial charge in [-0.25, -0.2) is 8.78 Å². The molecule has 0 amide bonds. The minimum Gasteiger partial charge on any atom is -0.246 e. The van der Waals surface area contributed by atoms with Crippen LogP contribution in [-0.4, -0.2) is 17.4 Å². The molecule has 0 spiro atoms. The SMILES string of the molecule is CC1C(F)CSC1F. The van der Waals surface area contributed by atoms with Gasteiger partial charge in [0.2, 0.25) is 0 Å². The minimum absolute atomic E-state index is 0.336. The van der Waals surface area contributed by atoms with E-state index in [0.717, 1.165) is 11.8 Å². The second-order valence-corrected chi connectivity index (χ2v) is 3.18. The van der Waals surface area contributed by atoms with Crippen molar-refractivity contribution in [2.24, 2.45) is 5.92 Å². The highest BCUT2D eigenvalue weighted by Gasteiger charge is 2.33. The molecule has 1 fully saturated rings. The van der Waals surface area contributed by atoms with Crippen LogP contribution in [0.5, 0.6) is 0 Å². The maximum Gasteiger partial charge on any atom is 0.151 e. The van der Waals surface area contributed by atoms with Gasteiger partial charge in [0.25, 0.3) is 0 Å². The highest BCUT2D eigenvalue weighted by Crippen LogP contribution is 2.34. The smallest absolute Gasteiger partial charge is 0.151 e. The lowest BCUT2D eigenvalue weighted by atomic mass is 10.1. The van der Waals surface area contributed by atoms with Crippen molar-refractivity contribution in [2.75, 3.05) is 5.75 Å². The lowest BCUT2D eigenvalue weighted by Gasteiger charge is -2.04. The van der Waals surface area contributed by atoms with Crippen molar-refractivity contribution in [1.82, 2.24) is 0 Å². The van der Waals surface area contributed by atoms with Crippen molar-refractivity contribution in [1.29, 1.82) is 0 Å². The summed E-state index contributed by atoms with van der Waals surface area (Å²) in [6.45, 7) is 1.61. The fourth-order valence-corrected chi connectivity index (χ4v) is 1.80. The van der Waals surface area contributed by atoms with E-state index >= 15 is 0 Å². The summed E-state index contributed by atoms with van der Waals surface area (Å²) in [5.74, 6) is -0.0532. The molecule has 1 heterocycles. The van der Waals surface area contributed by atoms with Gasteiger partial charge in [-0.15, -0.1) is 11.8 Å². The topological polar surface area (TPSA) is 0 Å². The van der Waals surface area contributed by atoms with Crippen molar-refractivity contribution < 1.29 is 8.78 Å². The van der Waals surface area contributed by atoms with Crippen LogP contribution in [0.4, 0.5) is 8.78 Å². The molecule has 0 radical (unpaired) electrons. The van der Waals surface area contributed by atoms with Crippen molar-refractivity contribution in [3.05, 3.63) is 0 Å². The Morgan fingerprint density at radius 3 is 2.25 bits per heavy atom. The van der Waals surface area contributed by atoms with Crippen LogP contribution < -0.4 is 0 Å². The van der Waals surface area contributed by atoms with Crippen LogP contribution in [0.3, 0.4) is 0 Å². The average molecular weight is 138 g/mol. The first kappa shape index (κ1) is 6.33.